The monoisotopic (exact) mass is 756 g/mol. The molecule has 0 unspecified atom stereocenters. The van der Waals surface area contributed by atoms with Gasteiger partial charge < -0.3 is 18.9 Å². The van der Waals surface area contributed by atoms with Crippen molar-refractivity contribution >= 4 is 40.1 Å². The zero-order valence-electron chi connectivity index (χ0n) is 26.3. The summed E-state index contributed by atoms with van der Waals surface area (Å²) in [5.74, 6) is -2.43. The molecule has 4 aromatic rings. The van der Waals surface area contributed by atoms with E-state index in [4.69, 9.17) is 18.9 Å². The van der Waals surface area contributed by atoms with Gasteiger partial charge in [0.05, 0.1) is 48.0 Å². The summed E-state index contributed by atoms with van der Waals surface area (Å²) in [6, 6.07) is 18.7. The second-order valence-corrected chi connectivity index (χ2v) is 16.6. The fourth-order valence-corrected chi connectivity index (χ4v) is 9.25. The third kappa shape index (κ3) is 9.05. The van der Waals surface area contributed by atoms with Crippen LogP contribution in [0.4, 0.5) is 0 Å². The molecule has 4 rings (SSSR count). The minimum absolute atomic E-state index is 0.255. The molecule has 0 saturated carbocycles. The molecule has 0 radical (unpaired) electrons. The van der Waals surface area contributed by atoms with E-state index in [1.54, 1.807) is 0 Å². The van der Waals surface area contributed by atoms with Crippen LogP contribution in [0.3, 0.4) is 0 Å². The lowest BCUT2D eigenvalue weighted by Gasteiger charge is -2.35. The highest BCUT2D eigenvalue weighted by Crippen LogP contribution is 2.23. The maximum atomic E-state index is 13.9. The molecule has 0 saturated heterocycles. The van der Waals surface area contributed by atoms with E-state index in [0.29, 0.717) is 0 Å². The van der Waals surface area contributed by atoms with Crippen molar-refractivity contribution in [2.45, 2.75) is 25.5 Å². The van der Waals surface area contributed by atoms with Crippen LogP contribution in [0.5, 0.6) is 23.0 Å². The van der Waals surface area contributed by atoms with E-state index in [1.807, 2.05) is 18.9 Å². The van der Waals surface area contributed by atoms with Gasteiger partial charge >= 0.3 is 0 Å². The van der Waals surface area contributed by atoms with Gasteiger partial charge in [0.15, 0.2) is 0 Å². The lowest BCUT2D eigenvalue weighted by Crippen LogP contribution is -2.77. The van der Waals surface area contributed by atoms with Crippen LogP contribution in [-0.2, 0) is 40.1 Å². The number of hydrogen-bond donors (Lipinski definition) is 4. The van der Waals surface area contributed by atoms with E-state index in [0.717, 1.165) is 48.5 Å². The van der Waals surface area contributed by atoms with Crippen molar-refractivity contribution in [3.63, 3.8) is 0 Å². The molecule has 0 aromatic heterocycles. The molecule has 4 N–H and O–H groups in total. The first-order valence-corrected chi connectivity index (χ1v) is 19.6. The maximum Gasteiger partial charge on any atom is 0.244 e. The third-order valence-corrected chi connectivity index (χ3v) is 12.5. The topological polar surface area (TPSA) is 222 Å². The van der Waals surface area contributed by atoms with E-state index < -0.39 is 65.6 Å². The molecule has 0 atom stereocenters. The predicted molar refractivity (Wildman–Crippen MR) is 176 cm³/mol. The van der Waals surface area contributed by atoms with Gasteiger partial charge in [-0.1, -0.05) is 0 Å². The van der Waals surface area contributed by atoms with Crippen LogP contribution in [-0.4, -0.2) is 68.0 Å². The van der Waals surface area contributed by atoms with Gasteiger partial charge in [-0.3, -0.25) is 0 Å². The van der Waals surface area contributed by atoms with Gasteiger partial charge in [0.25, 0.3) is 0 Å². The smallest absolute Gasteiger partial charge is 0.244 e. The van der Waals surface area contributed by atoms with Crippen molar-refractivity contribution in [3.8, 4) is 23.0 Å². The minimum atomic E-state index is -4.99. The fourth-order valence-electron chi connectivity index (χ4n) is 4.19. The van der Waals surface area contributed by atoms with Crippen molar-refractivity contribution < 1.29 is 52.6 Å². The predicted octanol–water partition coefficient (Wildman–Crippen LogP) is 1.55. The highest BCUT2D eigenvalue weighted by molar-refractivity contribution is 7.92. The van der Waals surface area contributed by atoms with E-state index in [9.17, 15) is 33.7 Å². The molecule has 0 spiro atoms. The largest absolute Gasteiger partial charge is 0.497 e. The lowest BCUT2D eigenvalue weighted by molar-refractivity contribution is 0.305. The SMILES string of the molecule is COc1ccc(S(=O)(=O)NC(NS(=O)(=O)c2ccc(OC)cc2)(NS(=O)(=O)c2ccc(OC)cc2)NS(=O)(=O)c2ccc(OC)cc2)cc1. The Kier molecular flexibility index (Phi) is 11.2. The highest BCUT2D eigenvalue weighted by atomic mass is 32.2. The van der Waals surface area contributed by atoms with Gasteiger partial charge in [0.2, 0.25) is 46.0 Å². The van der Waals surface area contributed by atoms with E-state index in [1.165, 1.54) is 77.0 Å². The normalized spacial score (nSPS) is 12.7. The maximum absolute atomic E-state index is 13.9. The molecule has 0 fully saturated rings. The Bertz CT molecular complexity index is 1870. The molecule has 49 heavy (non-hydrogen) atoms. The molecule has 0 bridgehead atoms. The summed E-state index contributed by atoms with van der Waals surface area (Å²) >= 11 is 0. The number of nitrogens with one attached hydrogen (secondary N) is 4. The quantitative estimate of drug-likeness (QED) is 0.120. The molecule has 0 amide bonds. The summed E-state index contributed by atoms with van der Waals surface area (Å²) < 4.78 is 139. The molecule has 0 heterocycles. The standard InChI is InChI=1S/C29H32N4O12S4/c1-42-21-5-13-25(14-6-21)46(34,35)30-29(31-47(36,37)26-15-7-22(43-2)8-16-26,32-48(38,39)27-17-9-23(44-3)10-18-27)33-49(40,41)28-19-11-24(45-4)12-20-28/h5-20,30-33H,1-4H3. The van der Waals surface area contributed by atoms with Gasteiger partial charge in [-0.15, -0.1) is 0 Å². The molecule has 4 aromatic carbocycles. The second kappa shape index (κ2) is 14.7. The van der Waals surface area contributed by atoms with Gasteiger partial charge in [-0.25, -0.2) is 33.7 Å². The van der Waals surface area contributed by atoms with Gasteiger partial charge in [-0.2, -0.15) is 18.9 Å². The fraction of sp³-hybridized carbons (Fsp3) is 0.172. The minimum Gasteiger partial charge on any atom is -0.497 e. The average Bonchev–Trinajstić information content (AvgIpc) is 3.07. The molecule has 0 aliphatic rings. The van der Waals surface area contributed by atoms with Crippen molar-refractivity contribution in [3.05, 3.63) is 97.1 Å². The lowest BCUT2D eigenvalue weighted by atomic mass is 10.3. The number of hydrogen-bond acceptors (Lipinski definition) is 12. The molecule has 0 aliphatic heterocycles. The number of methoxy groups -OCH3 is 4. The van der Waals surface area contributed by atoms with Crippen LogP contribution in [0.15, 0.2) is 117 Å². The number of sulfonamides is 4. The van der Waals surface area contributed by atoms with Crippen LogP contribution in [0.2, 0.25) is 0 Å². The highest BCUT2D eigenvalue weighted by Gasteiger charge is 2.46. The summed E-state index contributed by atoms with van der Waals surface area (Å²) in [5, 5.41) is 0. The summed E-state index contributed by atoms with van der Waals surface area (Å²) in [6.07, 6.45) is 0. The molecular weight excluding hydrogens is 725 g/mol. The molecule has 20 heteroatoms. The van der Waals surface area contributed by atoms with Gasteiger partial charge in [0, 0.05) is 0 Å². The Morgan fingerprint density at radius 1 is 0.347 bits per heavy atom. The van der Waals surface area contributed by atoms with Crippen LogP contribution < -0.4 is 37.8 Å². The summed E-state index contributed by atoms with van der Waals surface area (Å²) in [5.41, 5.74) is 0. The van der Waals surface area contributed by atoms with Gasteiger partial charge in [0.1, 0.15) is 23.0 Å². The number of rotatable bonds is 16. The van der Waals surface area contributed by atoms with Crippen molar-refractivity contribution in [2.75, 3.05) is 28.4 Å². The average molecular weight is 757 g/mol. The number of ether oxygens (including phenoxy) is 4. The first kappa shape index (κ1) is 37.5. The first-order chi connectivity index (χ1) is 23.0. The second-order valence-electron chi connectivity index (χ2n) is 9.87. The Hall–Kier alpha value is -4.28. The molecule has 264 valence electrons. The van der Waals surface area contributed by atoms with Crippen LogP contribution in [0.25, 0.3) is 0 Å². The van der Waals surface area contributed by atoms with Crippen LogP contribution in [0, 0.1) is 0 Å². The summed E-state index contributed by atoms with van der Waals surface area (Å²) in [4.78, 5) is -2.08. The molecular formula is C29H32N4O12S4. The first-order valence-electron chi connectivity index (χ1n) is 13.7. The number of benzene rings is 4. The molecule has 16 nitrogen and oxygen atoms in total. The Morgan fingerprint density at radius 3 is 0.653 bits per heavy atom. The Balaban J connectivity index is 1.96. The van der Waals surface area contributed by atoms with E-state index >= 15 is 0 Å². The van der Waals surface area contributed by atoms with Crippen LogP contribution in [0.1, 0.15) is 0 Å². The zero-order chi connectivity index (χ0) is 36.1. The van der Waals surface area contributed by atoms with Crippen molar-refractivity contribution in [2.24, 2.45) is 0 Å². The third-order valence-electron chi connectivity index (χ3n) is 6.63. The zero-order valence-corrected chi connectivity index (χ0v) is 29.5. The Morgan fingerprint density at radius 2 is 0.510 bits per heavy atom. The summed E-state index contributed by atoms with van der Waals surface area (Å²) in [6.45, 7) is 0. The van der Waals surface area contributed by atoms with Crippen molar-refractivity contribution in [1.82, 2.24) is 18.9 Å². The summed E-state index contributed by atoms with van der Waals surface area (Å²) in [7, 11) is -14.6. The molecule has 0 aliphatic carbocycles. The van der Waals surface area contributed by atoms with Crippen LogP contribution >= 0.6 is 0 Å². The van der Waals surface area contributed by atoms with Crippen molar-refractivity contribution in [1.29, 1.82) is 0 Å². The van der Waals surface area contributed by atoms with E-state index in [2.05, 4.69) is 0 Å². The van der Waals surface area contributed by atoms with E-state index in [-0.39, 0.29) is 23.0 Å². The van der Waals surface area contributed by atoms with Gasteiger partial charge in [-0.05, 0) is 97.1 Å². The Labute approximate surface area is 284 Å².